The first kappa shape index (κ1) is 46.4. The Balaban J connectivity index is 1.29. The van der Waals surface area contributed by atoms with Crippen LogP contribution >= 0.6 is 0 Å². The van der Waals surface area contributed by atoms with Gasteiger partial charge in [0.15, 0.2) is 6.10 Å². The van der Waals surface area contributed by atoms with Gasteiger partial charge in [0.2, 0.25) is 0 Å². The van der Waals surface area contributed by atoms with Crippen LogP contribution in [0.2, 0.25) is 0 Å². The molecule has 14 heteroatoms. The number of ether oxygens (including phenoxy) is 6. The lowest BCUT2D eigenvalue weighted by molar-refractivity contribution is -0.221. The van der Waals surface area contributed by atoms with Gasteiger partial charge in [-0.1, -0.05) is 34.6 Å². The molecule has 0 aromatic carbocycles. The lowest BCUT2D eigenvalue weighted by Crippen LogP contribution is -2.60. The monoisotopic (exact) mass is 847 g/mol. The van der Waals surface area contributed by atoms with Gasteiger partial charge in [0, 0.05) is 17.8 Å². The zero-order chi connectivity index (χ0) is 44.8. The summed E-state index contributed by atoms with van der Waals surface area (Å²) in [4.78, 5) is 64.4. The van der Waals surface area contributed by atoms with E-state index in [4.69, 9.17) is 28.4 Å². The standard InChI is InChI=1S/C46H74N2O12/c1-25-21-27(35(42(11,12)54)55-26(2)49)56-34-33(25)43(13)19-20-46-24-45(46)18-17-30(57-31(50)22-47-37(52)59-39(3,4)5)41(9,10)28(45)15-16-29(46)44(43,14)36(34)58-32(51)23-48-38(53)60-40(6,7)8/h25,27-30,33-36,54H,15-24H2,1-14H3,(H,47,52)(H,48,53). The van der Waals surface area contributed by atoms with Crippen molar-refractivity contribution < 1.29 is 57.5 Å². The lowest BCUT2D eigenvalue weighted by Gasteiger charge is -2.63. The SMILES string of the molecule is CC(=O)OC(C1CC(C)C2C(O1)C(OC(=O)CNC(=O)OC(C)(C)C)C1(C)C3CCC4C(C)(C)C(OC(=O)CNC(=O)OC(C)(C)C)CCC45CC35CCC21C)C(C)(C)O. The van der Waals surface area contributed by atoms with E-state index in [0.717, 1.165) is 38.5 Å². The Hall–Kier alpha value is -3.13. The van der Waals surface area contributed by atoms with Crippen molar-refractivity contribution >= 4 is 30.1 Å². The number of carbonyl (C=O) groups is 5. The molecule has 0 radical (unpaired) electrons. The van der Waals surface area contributed by atoms with Crippen LogP contribution in [-0.4, -0.2) is 95.6 Å². The molecule has 1 aliphatic heterocycles. The minimum atomic E-state index is -1.40. The second-order valence-corrected chi connectivity index (χ2v) is 22.9. The summed E-state index contributed by atoms with van der Waals surface area (Å²) in [5, 5.41) is 16.4. The number of rotatable bonds is 9. The van der Waals surface area contributed by atoms with Crippen molar-refractivity contribution in [2.24, 2.45) is 50.7 Å². The zero-order valence-corrected chi connectivity index (χ0v) is 38.7. The Labute approximate surface area is 357 Å². The molecule has 1 saturated heterocycles. The normalized spacial score (nSPS) is 39.5. The third-order valence-electron chi connectivity index (χ3n) is 16.1. The maximum Gasteiger partial charge on any atom is 0.408 e. The third kappa shape index (κ3) is 8.02. The van der Waals surface area contributed by atoms with E-state index in [1.54, 1.807) is 55.4 Å². The van der Waals surface area contributed by atoms with Gasteiger partial charge in [-0.25, -0.2) is 9.59 Å². The molecule has 1 heterocycles. The van der Waals surface area contributed by atoms with Crippen molar-refractivity contribution in [2.45, 2.75) is 196 Å². The van der Waals surface area contributed by atoms with Gasteiger partial charge in [-0.3, -0.25) is 14.4 Å². The molecule has 13 unspecified atom stereocenters. The van der Waals surface area contributed by atoms with Crippen LogP contribution in [-0.2, 0) is 42.8 Å². The number of alkyl carbamates (subject to hydrolysis) is 2. The van der Waals surface area contributed by atoms with Crippen molar-refractivity contribution in [1.82, 2.24) is 10.6 Å². The number of hydrogen-bond acceptors (Lipinski definition) is 12. The first-order valence-corrected chi connectivity index (χ1v) is 22.3. The summed E-state index contributed by atoms with van der Waals surface area (Å²) in [6.45, 7) is 25.8. The van der Waals surface area contributed by atoms with E-state index in [-0.39, 0.29) is 64.5 Å². The number of hydrogen-bond donors (Lipinski definition) is 3. The molecule has 6 fully saturated rings. The molecule has 340 valence electrons. The molecule has 60 heavy (non-hydrogen) atoms. The maximum atomic E-state index is 14.0. The topological polar surface area (TPSA) is 185 Å². The molecule has 6 aliphatic rings. The first-order chi connectivity index (χ1) is 27.4. The molecule has 2 amide bonds. The second-order valence-electron chi connectivity index (χ2n) is 22.9. The Morgan fingerprint density at radius 2 is 1.30 bits per heavy atom. The number of nitrogens with one attached hydrogen (secondary N) is 2. The van der Waals surface area contributed by atoms with Gasteiger partial charge < -0.3 is 44.2 Å². The van der Waals surface area contributed by atoms with E-state index in [0.29, 0.717) is 12.8 Å². The highest BCUT2D eigenvalue weighted by atomic mass is 16.6. The van der Waals surface area contributed by atoms with Crippen molar-refractivity contribution in [3.8, 4) is 0 Å². The molecule has 6 rings (SSSR count). The number of fused-ring (bicyclic) bond motifs is 4. The van der Waals surface area contributed by atoms with E-state index in [9.17, 15) is 29.1 Å². The van der Waals surface area contributed by atoms with E-state index in [1.165, 1.54) is 6.92 Å². The smallest absolute Gasteiger partial charge is 0.408 e. The summed E-state index contributed by atoms with van der Waals surface area (Å²) in [5.41, 5.74) is -3.98. The Morgan fingerprint density at radius 1 is 0.767 bits per heavy atom. The van der Waals surface area contributed by atoms with Gasteiger partial charge in [0.25, 0.3) is 0 Å². The molecule has 5 aliphatic carbocycles. The lowest BCUT2D eigenvalue weighted by atomic mass is 9.41. The summed E-state index contributed by atoms with van der Waals surface area (Å²) in [6, 6.07) is 0. The fourth-order valence-corrected chi connectivity index (χ4v) is 14.0. The van der Waals surface area contributed by atoms with Crippen LogP contribution in [0.15, 0.2) is 0 Å². The van der Waals surface area contributed by atoms with Crippen LogP contribution in [0.25, 0.3) is 0 Å². The van der Waals surface area contributed by atoms with Gasteiger partial charge in [-0.05, 0) is 147 Å². The van der Waals surface area contributed by atoms with Gasteiger partial charge >= 0.3 is 30.1 Å². The summed E-state index contributed by atoms with van der Waals surface area (Å²) in [7, 11) is 0. The Morgan fingerprint density at radius 3 is 1.83 bits per heavy atom. The fraction of sp³-hybridized carbons (Fsp3) is 0.891. The van der Waals surface area contributed by atoms with E-state index < -0.39 is 76.7 Å². The molecule has 14 nitrogen and oxygen atoms in total. The van der Waals surface area contributed by atoms with Crippen LogP contribution in [0.1, 0.15) is 148 Å². The average Bonchev–Trinajstić information content (AvgIpc) is 3.71. The van der Waals surface area contributed by atoms with Crippen molar-refractivity contribution in [3.63, 3.8) is 0 Å². The third-order valence-corrected chi connectivity index (χ3v) is 16.1. The largest absolute Gasteiger partial charge is 0.460 e. The predicted molar refractivity (Wildman–Crippen MR) is 220 cm³/mol. The molecular weight excluding hydrogens is 773 g/mol. The average molecular weight is 847 g/mol. The van der Waals surface area contributed by atoms with E-state index >= 15 is 0 Å². The minimum Gasteiger partial charge on any atom is -0.460 e. The van der Waals surface area contributed by atoms with Crippen molar-refractivity contribution in [3.05, 3.63) is 0 Å². The molecule has 3 N–H and O–H groups in total. The van der Waals surface area contributed by atoms with Crippen LogP contribution in [0.5, 0.6) is 0 Å². The molecule has 13 atom stereocenters. The van der Waals surface area contributed by atoms with Gasteiger partial charge in [0.05, 0.1) is 17.8 Å². The van der Waals surface area contributed by atoms with Gasteiger partial charge in [0.1, 0.15) is 36.5 Å². The quantitative estimate of drug-likeness (QED) is 0.160. The minimum absolute atomic E-state index is 0.000741. The van der Waals surface area contributed by atoms with Crippen LogP contribution < -0.4 is 10.6 Å². The molecule has 5 saturated carbocycles. The Kier molecular flexibility index (Phi) is 11.8. The number of carbonyl (C=O) groups excluding carboxylic acids is 5. The molecular formula is C46H74N2O12. The van der Waals surface area contributed by atoms with E-state index in [1.807, 2.05) is 0 Å². The summed E-state index contributed by atoms with van der Waals surface area (Å²) in [6.07, 6.45) is 2.44. The Bertz CT molecular complexity index is 1710. The summed E-state index contributed by atoms with van der Waals surface area (Å²) < 4.78 is 36.3. The summed E-state index contributed by atoms with van der Waals surface area (Å²) >= 11 is 0. The molecule has 0 aromatic rings. The van der Waals surface area contributed by atoms with Crippen molar-refractivity contribution in [1.29, 1.82) is 0 Å². The maximum absolute atomic E-state index is 14.0. The van der Waals surface area contributed by atoms with Gasteiger partial charge in [-0.2, -0.15) is 0 Å². The van der Waals surface area contributed by atoms with Crippen molar-refractivity contribution in [2.75, 3.05) is 13.1 Å². The highest BCUT2D eigenvalue weighted by molar-refractivity contribution is 5.79. The highest BCUT2D eigenvalue weighted by Crippen LogP contribution is 2.89. The molecule has 0 aromatic heterocycles. The number of amides is 2. The number of aliphatic hydroxyl groups is 1. The van der Waals surface area contributed by atoms with Crippen LogP contribution in [0.4, 0.5) is 9.59 Å². The van der Waals surface area contributed by atoms with Gasteiger partial charge in [-0.15, -0.1) is 0 Å². The van der Waals surface area contributed by atoms with Crippen LogP contribution in [0, 0.1) is 50.7 Å². The fourth-order valence-electron chi connectivity index (χ4n) is 14.0. The zero-order valence-electron chi connectivity index (χ0n) is 38.7. The molecule has 2 spiro atoms. The predicted octanol–water partition coefficient (Wildman–Crippen LogP) is 7.01. The summed E-state index contributed by atoms with van der Waals surface area (Å²) in [5.74, 6) is -1.03. The van der Waals surface area contributed by atoms with E-state index in [2.05, 4.69) is 45.3 Å². The highest BCUT2D eigenvalue weighted by Gasteiger charge is 2.85. The molecule has 0 bridgehead atoms. The second kappa shape index (κ2) is 15.3. The first-order valence-electron chi connectivity index (χ1n) is 22.3. The number of esters is 3. The van der Waals surface area contributed by atoms with Crippen LogP contribution in [0.3, 0.4) is 0 Å².